The van der Waals surface area contributed by atoms with Crippen molar-refractivity contribution in [3.8, 4) is 11.5 Å². The van der Waals surface area contributed by atoms with Crippen LogP contribution in [0.5, 0.6) is 11.5 Å². The quantitative estimate of drug-likeness (QED) is 0.378. The van der Waals surface area contributed by atoms with E-state index in [4.69, 9.17) is 9.47 Å². The number of hydrazone groups is 1. The van der Waals surface area contributed by atoms with Crippen LogP contribution in [0.4, 0.5) is 0 Å². The Labute approximate surface area is 150 Å². The highest BCUT2D eigenvalue weighted by molar-refractivity contribution is 7.90. The lowest BCUT2D eigenvalue weighted by Gasteiger charge is -2.08. The van der Waals surface area contributed by atoms with Crippen LogP contribution in [0, 0.1) is 0 Å². The molecule has 0 fully saturated rings. The highest BCUT2D eigenvalue weighted by Gasteiger charge is 2.28. The van der Waals surface area contributed by atoms with Gasteiger partial charge in [0.15, 0.2) is 17.3 Å². The summed E-state index contributed by atoms with van der Waals surface area (Å²) in [7, 11) is -2.24. The Morgan fingerprint density at radius 1 is 1.19 bits per heavy atom. The van der Waals surface area contributed by atoms with Crippen LogP contribution in [0.1, 0.15) is 18.1 Å². The van der Waals surface area contributed by atoms with Gasteiger partial charge in [-0.1, -0.05) is 12.1 Å². The molecule has 0 spiro atoms. The number of rotatable bonds is 4. The summed E-state index contributed by atoms with van der Waals surface area (Å²) in [6.45, 7) is 1.29. The average molecular weight is 373 g/mol. The molecule has 0 unspecified atom stereocenters. The molecule has 134 valence electrons. The lowest BCUT2D eigenvalue weighted by atomic mass is 10.2. The van der Waals surface area contributed by atoms with E-state index in [0.717, 1.165) is 0 Å². The second kappa shape index (κ2) is 6.96. The van der Waals surface area contributed by atoms with Gasteiger partial charge in [-0.3, -0.25) is 10.2 Å². The second-order valence-electron chi connectivity index (χ2n) is 5.29. The van der Waals surface area contributed by atoms with Crippen LogP contribution in [0.25, 0.3) is 0 Å². The Kier molecular flexibility index (Phi) is 4.72. The Balaban J connectivity index is 1.81. The molecule has 0 bridgehead atoms. The normalized spacial score (nSPS) is 14.6. The molecule has 0 aliphatic carbocycles. The van der Waals surface area contributed by atoms with Crippen LogP contribution in [0.15, 0.2) is 56.9 Å². The predicted molar refractivity (Wildman–Crippen MR) is 95.2 cm³/mol. The first-order chi connectivity index (χ1) is 12.4. The largest absolute Gasteiger partial charge is 0.493 e. The van der Waals surface area contributed by atoms with E-state index in [1.807, 2.05) is 0 Å². The summed E-state index contributed by atoms with van der Waals surface area (Å²) in [4.78, 5) is 11.3. The molecule has 9 heteroatoms. The van der Waals surface area contributed by atoms with Gasteiger partial charge in [0, 0.05) is 12.5 Å². The molecule has 1 aliphatic heterocycles. The summed E-state index contributed by atoms with van der Waals surface area (Å²) in [5.74, 6) is 0.337. The number of fused-ring (bicyclic) bond motifs is 1. The highest BCUT2D eigenvalue weighted by atomic mass is 32.2. The molecule has 2 aromatic rings. The lowest BCUT2D eigenvalue weighted by molar-refractivity contribution is -0.132. The minimum absolute atomic E-state index is 0.138. The second-order valence-corrected chi connectivity index (χ2v) is 6.86. The van der Waals surface area contributed by atoms with Gasteiger partial charge in [-0.25, -0.2) is 0 Å². The van der Waals surface area contributed by atoms with Gasteiger partial charge in [0.05, 0.1) is 13.3 Å². The fraction of sp³-hybridized carbons (Fsp3) is 0.118. The molecule has 0 radical (unpaired) electrons. The van der Waals surface area contributed by atoms with E-state index in [1.54, 1.807) is 36.4 Å². The fourth-order valence-corrected chi connectivity index (χ4v) is 3.53. The zero-order valence-corrected chi connectivity index (χ0v) is 14.8. The zero-order chi connectivity index (χ0) is 18.7. The van der Waals surface area contributed by atoms with E-state index < -0.39 is 16.0 Å². The van der Waals surface area contributed by atoms with Crippen molar-refractivity contribution in [1.82, 2.24) is 5.43 Å². The number of methoxy groups -OCH3 is 1. The Hall–Kier alpha value is -3.20. The van der Waals surface area contributed by atoms with E-state index in [1.165, 1.54) is 26.3 Å². The number of amidine groups is 1. The minimum Gasteiger partial charge on any atom is -0.493 e. The number of nitrogens with one attached hydrogen (secondary N) is 1. The van der Waals surface area contributed by atoms with E-state index in [-0.39, 0.29) is 16.5 Å². The van der Waals surface area contributed by atoms with Gasteiger partial charge in [-0.05, 0) is 35.9 Å². The summed E-state index contributed by atoms with van der Waals surface area (Å²) in [5, 5.41) is 4.01. The minimum atomic E-state index is -3.70. The molecule has 0 saturated heterocycles. The molecule has 8 nitrogen and oxygen atoms in total. The summed E-state index contributed by atoms with van der Waals surface area (Å²) < 4.78 is 37.8. The maximum atomic E-state index is 12.0. The Bertz CT molecular complexity index is 1030. The molecular weight excluding hydrogens is 358 g/mol. The third-order valence-electron chi connectivity index (χ3n) is 3.46. The lowest BCUT2D eigenvalue weighted by Crippen LogP contribution is -2.17. The first kappa shape index (κ1) is 17.6. The number of nitrogens with zero attached hydrogens (tertiary/aromatic N) is 2. The summed E-state index contributed by atoms with van der Waals surface area (Å²) in [6, 6.07) is 11.4. The molecule has 1 heterocycles. The molecule has 0 aromatic heterocycles. The summed E-state index contributed by atoms with van der Waals surface area (Å²) >= 11 is 0. The first-order valence-corrected chi connectivity index (χ1v) is 8.94. The van der Waals surface area contributed by atoms with Gasteiger partial charge < -0.3 is 9.47 Å². The van der Waals surface area contributed by atoms with E-state index in [2.05, 4.69) is 14.9 Å². The van der Waals surface area contributed by atoms with Crippen LogP contribution in [0.3, 0.4) is 0 Å². The molecule has 1 N–H and O–H groups in total. The summed E-state index contributed by atoms with van der Waals surface area (Å²) in [5.41, 5.74) is 3.71. The van der Waals surface area contributed by atoms with Gasteiger partial charge in [0.1, 0.15) is 4.90 Å². The maximum absolute atomic E-state index is 12.0. The van der Waals surface area contributed by atoms with Crippen molar-refractivity contribution in [2.45, 2.75) is 11.8 Å². The van der Waals surface area contributed by atoms with Crippen LogP contribution in [-0.2, 0) is 14.8 Å². The third-order valence-corrected chi connectivity index (χ3v) is 4.79. The topological polar surface area (TPSA) is 106 Å². The molecule has 26 heavy (non-hydrogen) atoms. The van der Waals surface area contributed by atoms with Crippen molar-refractivity contribution >= 4 is 28.0 Å². The average Bonchev–Trinajstić information content (AvgIpc) is 2.86. The smallest absolute Gasteiger partial charge is 0.308 e. The molecule has 3 rings (SSSR count). The van der Waals surface area contributed by atoms with Crippen molar-refractivity contribution in [3.63, 3.8) is 0 Å². The van der Waals surface area contributed by atoms with Gasteiger partial charge in [0.25, 0.3) is 10.0 Å². The summed E-state index contributed by atoms with van der Waals surface area (Å²) in [6.07, 6.45) is 1.45. The van der Waals surface area contributed by atoms with E-state index >= 15 is 0 Å². The number of hydrogen-bond donors (Lipinski definition) is 1. The fourth-order valence-electron chi connectivity index (χ4n) is 2.36. The number of carbonyl (C=O) groups excluding carboxylic acids is 1. The van der Waals surface area contributed by atoms with Gasteiger partial charge >= 0.3 is 5.97 Å². The number of benzene rings is 2. The van der Waals surface area contributed by atoms with Crippen LogP contribution in [0.2, 0.25) is 0 Å². The molecule has 0 atom stereocenters. The van der Waals surface area contributed by atoms with E-state index in [9.17, 15) is 13.2 Å². The van der Waals surface area contributed by atoms with Gasteiger partial charge in [0.2, 0.25) is 0 Å². The van der Waals surface area contributed by atoms with Crippen molar-refractivity contribution < 1.29 is 22.7 Å². The molecule has 0 saturated carbocycles. The zero-order valence-electron chi connectivity index (χ0n) is 14.0. The van der Waals surface area contributed by atoms with Crippen molar-refractivity contribution in [3.05, 3.63) is 53.6 Å². The number of carbonyl (C=O) groups is 1. The molecule has 1 aliphatic rings. The van der Waals surface area contributed by atoms with Gasteiger partial charge in [-0.15, -0.1) is 4.40 Å². The van der Waals surface area contributed by atoms with Crippen LogP contribution in [-0.4, -0.2) is 33.5 Å². The van der Waals surface area contributed by atoms with Gasteiger partial charge in [-0.2, -0.15) is 13.5 Å². The first-order valence-electron chi connectivity index (χ1n) is 7.50. The number of hydrogen-bond acceptors (Lipinski definition) is 7. The number of esters is 1. The molecular formula is C17H15N3O5S. The van der Waals surface area contributed by atoms with Crippen molar-refractivity contribution in [2.75, 3.05) is 7.11 Å². The maximum Gasteiger partial charge on any atom is 0.308 e. The standard InChI is InChI=1S/C17H15N3O5S/c1-11(21)25-15-9-12(7-8-14(15)24-2)10-18-19-17-13-5-3-4-6-16(13)26(22,23)20-17/h3-10H,1-2H3,(H,19,20)/b18-10+. The van der Waals surface area contributed by atoms with Crippen molar-refractivity contribution in [1.29, 1.82) is 0 Å². The Morgan fingerprint density at radius 3 is 2.69 bits per heavy atom. The predicted octanol–water partition coefficient (Wildman–Crippen LogP) is 1.69. The highest BCUT2D eigenvalue weighted by Crippen LogP contribution is 2.28. The van der Waals surface area contributed by atoms with E-state index in [0.29, 0.717) is 16.9 Å². The van der Waals surface area contributed by atoms with Crippen LogP contribution >= 0.6 is 0 Å². The molecule has 2 aromatic carbocycles. The van der Waals surface area contributed by atoms with Crippen molar-refractivity contribution in [2.24, 2.45) is 9.50 Å². The molecule has 0 amide bonds. The number of ether oxygens (including phenoxy) is 2. The van der Waals surface area contributed by atoms with Crippen LogP contribution < -0.4 is 14.9 Å². The SMILES string of the molecule is COc1ccc(/C=N/NC2=NS(=O)(=O)c3ccccc32)cc1OC(C)=O. The third kappa shape index (κ3) is 3.57. The monoisotopic (exact) mass is 373 g/mol. The Morgan fingerprint density at radius 2 is 1.96 bits per heavy atom. The number of sulfonamides is 1.